The number of ether oxygens (including phenoxy) is 1. The molecule has 1 saturated heterocycles. The second-order valence-electron chi connectivity index (χ2n) is 9.16. The van der Waals surface area contributed by atoms with Crippen molar-refractivity contribution in [3.05, 3.63) is 102 Å². The van der Waals surface area contributed by atoms with Crippen LogP contribution in [0.4, 0.5) is 5.69 Å². The lowest BCUT2D eigenvalue weighted by Crippen LogP contribution is -2.31. The van der Waals surface area contributed by atoms with Gasteiger partial charge in [-0.2, -0.15) is 0 Å². The lowest BCUT2D eigenvalue weighted by atomic mass is 9.78. The molecule has 2 aliphatic rings. The molecule has 0 radical (unpaired) electrons. The first-order valence-corrected chi connectivity index (χ1v) is 11.9. The summed E-state index contributed by atoms with van der Waals surface area (Å²) in [5.74, 6) is -2.05. The number of amides is 2. The number of ketones is 1. The normalized spacial score (nSPS) is 20.8. The van der Waals surface area contributed by atoms with Gasteiger partial charge in [0.15, 0.2) is 12.4 Å². The molecule has 5 rings (SSSR count). The standard InChI is InChI=1S/C30H25NO5/c1-19-6-5-9-25-27(19)29(34)31(28(25)33)24-16-14-23(15-17-24)30(35)36-18-26(32)22-12-10-21(11-13-22)20-7-3-2-4-8-20/h2-8,10-17,19,25,27H,9,18H2,1H3/t19-,25+,27-/m1/s1. The fraction of sp³-hybridized carbons (Fsp3) is 0.200. The highest BCUT2D eigenvalue weighted by molar-refractivity contribution is 6.22. The summed E-state index contributed by atoms with van der Waals surface area (Å²) in [4.78, 5) is 52.0. The number of Topliss-reactive ketones (excluding diaryl/α,β-unsaturated/α-hetero) is 1. The van der Waals surface area contributed by atoms with E-state index in [1.54, 1.807) is 24.3 Å². The molecule has 3 aromatic rings. The summed E-state index contributed by atoms with van der Waals surface area (Å²) < 4.78 is 5.21. The van der Waals surface area contributed by atoms with Gasteiger partial charge in [0.1, 0.15) is 0 Å². The SMILES string of the molecule is C[C@@H]1C=CC[C@@H]2C(=O)N(c3ccc(C(=O)OCC(=O)c4ccc(-c5ccccc5)cc4)cc3)C(=O)[C@H]12. The lowest BCUT2D eigenvalue weighted by molar-refractivity contribution is -0.122. The number of imide groups is 1. The third-order valence-corrected chi connectivity index (χ3v) is 6.88. The number of anilines is 1. The first-order valence-electron chi connectivity index (χ1n) is 11.9. The highest BCUT2D eigenvalue weighted by Crippen LogP contribution is 2.40. The number of rotatable bonds is 6. The second kappa shape index (κ2) is 9.74. The maximum absolute atomic E-state index is 12.9. The number of nitrogens with zero attached hydrogens (tertiary/aromatic N) is 1. The highest BCUT2D eigenvalue weighted by Gasteiger charge is 2.50. The van der Waals surface area contributed by atoms with Gasteiger partial charge < -0.3 is 4.74 Å². The number of hydrogen-bond donors (Lipinski definition) is 0. The molecular formula is C30H25NO5. The van der Waals surface area contributed by atoms with E-state index in [0.717, 1.165) is 11.1 Å². The number of carbonyl (C=O) groups excluding carboxylic acids is 4. The van der Waals surface area contributed by atoms with Gasteiger partial charge in [-0.15, -0.1) is 0 Å². The molecule has 1 fully saturated rings. The van der Waals surface area contributed by atoms with Crippen LogP contribution in [0.5, 0.6) is 0 Å². The molecular weight excluding hydrogens is 454 g/mol. The van der Waals surface area contributed by atoms with Crippen LogP contribution in [-0.4, -0.2) is 30.2 Å². The fourth-order valence-electron chi connectivity index (χ4n) is 4.93. The summed E-state index contributed by atoms with van der Waals surface area (Å²) in [7, 11) is 0. The van der Waals surface area contributed by atoms with Crippen molar-refractivity contribution in [2.24, 2.45) is 17.8 Å². The zero-order valence-electron chi connectivity index (χ0n) is 19.8. The molecule has 1 aliphatic heterocycles. The van der Waals surface area contributed by atoms with Crippen LogP contribution in [0.2, 0.25) is 0 Å². The van der Waals surface area contributed by atoms with Crippen LogP contribution < -0.4 is 4.90 Å². The van der Waals surface area contributed by atoms with Crippen LogP contribution in [0, 0.1) is 17.8 Å². The predicted molar refractivity (Wildman–Crippen MR) is 135 cm³/mol. The molecule has 2 amide bonds. The molecule has 1 heterocycles. The van der Waals surface area contributed by atoms with E-state index in [-0.39, 0.29) is 47.5 Å². The molecule has 0 saturated carbocycles. The third-order valence-electron chi connectivity index (χ3n) is 6.88. The Morgan fingerprint density at radius 3 is 2.14 bits per heavy atom. The van der Waals surface area contributed by atoms with Gasteiger partial charge in [0.2, 0.25) is 11.8 Å². The number of carbonyl (C=O) groups is 4. The van der Waals surface area contributed by atoms with Gasteiger partial charge in [0, 0.05) is 5.56 Å². The van der Waals surface area contributed by atoms with Gasteiger partial charge in [-0.1, -0.05) is 73.7 Å². The molecule has 180 valence electrons. The number of allylic oxidation sites excluding steroid dienone is 2. The van der Waals surface area contributed by atoms with E-state index in [9.17, 15) is 19.2 Å². The van der Waals surface area contributed by atoms with Crippen molar-refractivity contribution in [1.29, 1.82) is 0 Å². The van der Waals surface area contributed by atoms with Crippen molar-refractivity contribution in [2.45, 2.75) is 13.3 Å². The molecule has 1 aliphatic carbocycles. The minimum Gasteiger partial charge on any atom is -0.454 e. The molecule has 0 N–H and O–H groups in total. The van der Waals surface area contributed by atoms with Crippen molar-refractivity contribution in [3.63, 3.8) is 0 Å². The molecule has 36 heavy (non-hydrogen) atoms. The van der Waals surface area contributed by atoms with Crippen molar-refractivity contribution < 1.29 is 23.9 Å². The molecule has 3 atom stereocenters. The van der Waals surface area contributed by atoms with Crippen molar-refractivity contribution in [3.8, 4) is 11.1 Å². The van der Waals surface area contributed by atoms with Gasteiger partial charge in [0.05, 0.1) is 23.1 Å². The summed E-state index contributed by atoms with van der Waals surface area (Å²) in [5.41, 5.74) is 3.15. The smallest absolute Gasteiger partial charge is 0.338 e. The van der Waals surface area contributed by atoms with Crippen LogP contribution in [0.1, 0.15) is 34.1 Å². The van der Waals surface area contributed by atoms with Crippen molar-refractivity contribution in [1.82, 2.24) is 0 Å². The Morgan fingerprint density at radius 1 is 0.833 bits per heavy atom. The zero-order valence-corrected chi connectivity index (χ0v) is 19.8. The average Bonchev–Trinajstić information content (AvgIpc) is 3.18. The number of fused-ring (bicyclic) bond motifs is 1. The Kier molecular flexibility index (Phi) is 6.34. The fourth-order valence-corrected chi connectivity index (χ4v) is 4.93. The van der Waals surface area contributed by atoms with Crippen LogP contribution in [-0.2, 0) is 14.3 Å². The van der Waals surface area contributed by atoms with Crippen LogP contribution in [0.15, 0.2) is 91.0 Å². The maximum atomic E-state index is 12.9. The minimum atomic E-state index is -0.652. The molecule has 6 nitrogen and oxygen atoms in total. The van der Waals surface area contributed by atoms with Crippen molar-refractivity contribution in [2.75, 3.05) is 11.5 Å². The van der Waals surface area contributed by atoms with Gasteiger partial charge in [0.25, 0.3) is 0 Å². The lowest BCUT2D eigenvalue weighted by Gasteiger charge is -2.22. The zero-order chi connectivity index (χ0) is 25.2. The molecule has 0 spiro atoms. The van der Waals surface area contributed by atoms with E-state index in [0.29, 0.717) is 17.7 Å². The summed E-state index contributed by atoms with van der Waals surface area (Å²) >= 11 is 0. The van der Waals surface area contributed by atoms with Gasteiger partial charge in [-0.05, 0) is 47.7 Å². The third kappa shape index (κ3) is 4.38. The maximum Gasteiger partial charge on any atom is 0.338 e. The van der Waals surface area contributed by atoms with Gasteiger partial charge in [-0.25, -0.2) is 4.79 Å². The second-order valence-corrected chi connectivity index (χ2v) is 9.16. The molecule has 3 aromatic carbocycles. The topological polar surface area (TPSA) is 80.8 Å². The van der Waals surface area contributed by atoms with E-state index in [1.165, 1.54) is 17.0 Å². The van der Waals surface area contributed by atoms with E-state index < -0.39 is 5.97 Å². The Hall–Kier alpha value is -4.32. The van der Waals surface area contributed by atoms with Gasteiger partial charge >= 0.3 is 5.97 Å². The number of esters is 1. The van der Waals surface area contributed by atoms with E-state index in [2.05, 4.69) is 0 Å². The van der Waals surface area contributed by atoms with E-state index in [4.69, 9.17) is 4.74 Å². The molecule has 0 aromatic heterocycles. The minimum absolute atomic E-state index is 0.00605. The summed E-state index contributed by atoms with van der Waals surface area (Å²) in [5, 5.41) is 0. The Bertz CT molecular complexity index is 1340. The predicted octanol–water partition coefficient (Wildman–Crippen LogP) is 5.09. The Balaban J connectivity index is 1.20. The van der Waals surface area contributed by atoms with Crippen LogP contribution >= 0.6 is 0 Å². The van der Waals surface area contributed by atoms with Gasteiger partial charge in [-0.3, -0.25) is 19.3 Å². The largest absolute Gasteiger partial charge is 0.454 e. The summed E-state index contributed by atoms with van der Waals surface area (Å²) in [6.45, 7) is 1.56. The first kappa shape index (κ1) is 23.4. The first-order chi connectivity index (χ1) is 17.4. The van der Waals surface area contributed by atoms with E-state index >= 15 is 0 Å². The molecule has 6 heteroatoms. The molecule has 0 unspecified atom stereocenters. The van der Waals surface area contributed by atoms with Crippen molar-refractivity contribution >= 4 is 29.3 Å². The number of benzene rings is 3. The highest BCUT2D eigenvalue weighted by atomic mass is 16.5. The monoisotopic (exact) mass is 479 g/mol. The Morgan fingerprint density at radius 2 is 1.47 bits per heavy atom. The Labute approximate surface area is 209 Å². The number of hydrogen-bond acceptors (Lipinski definition) is 5. The van der Waals surface area contributed by atoms with Crippen LogP contribution in [0.3, 0.4) is 0 Å². The average molecular weight is 480 g/mol. The van der Waals surface area contributed by atoms with E-state index in [1.807, 2.05) is 61.5 Å². The molecule has 0 bridgehead atoms. The summed E-state index contributed by atoms with van der Waals surface area (Å²) in [6.07, 6.45) is 4.50. The quantitative estimate of drug-likeness (QED) is 0.213. The van der Waals surface area contributed by atoms with Crippen LogP contribution in [0.25, 0.3) is 11.1 Å². The summed E-state index contributed by atoms with van der Waals surface area (Å²) in [6, 6.07) is 23.1.